The molecule has 0 aliphatic heterocycles. The average molecular weight is 222 g/mol. The Balaban J connectivity index is 1.94. The van der Waals surface area contributed by atoms with Crippen LogP contribution in [0.15, 0.2) is 28.8 Å². The molecule has 0 spiro atoms. The summed E-state index contributed by atoms with van der Waals surface area (Å²) in [5, 5.41) is 3.73. The Kier molecular flexibility index (Phi) is 3.14. The second kappa shape index (κ2) is 4.74. The van der Waals surface area contributed by atoms with Crippen LogP contribution in [0.2, 0.25) is 0 Å². The summed E-state index contributed by atoms with van der Waals surface area (Å²) in [6.07, 6.45) is 0.698. The highest BCUT2D eigenvalue weighted by molar-refractivity contribution is 5.22. The Labute approximate surface area is 92.0 Å². The lowest BCUT2D eigenvalue weighted by molar-refractivity contribution is 0.285. The maximum atomic E-state index is 12.6. The molecule has 0 atom stereocenters. The normalized spacial score (nSPS) is 10.4. The standard InChI is InChI=1S/C11H11FN2O2/c1-2-11-13-10(14-16-11)7-15-9-5-3-8(12)4-6-9/h3-6H,2,7H2,1H3. The number of ether oxygens (including phenoxy) is 1. The average Bonchev–Trinajstić information content (AvgIpc) is 2.76. The lowest BCUT2D eigenvalue weighted by Gasteiger charge is -2.01. The molecule has 1 aromatic carbocycles. The van der Waals surface area contributed by atoms with E-state index in [-0.39, 0.29) is 12.4 Å². The SMILES string of the molecule is CCc1nc(COc2ccc(F)cc2)no1. The fourth-order valence-electron chi connectivity index (χ4n) is 1.17. The van der Waals surface area contributed by atoms with E-state index in [4.69, 9.17) is 9.26 Å². The van der Waals surface area contributed by atoms with Gasteiger partial charge in [-0.3, -0.25) is 0 Å². The van der Waals surface area contributed by atoms with E-state index in [9.17, 15) is 4.39 Å². The minimum Gasteiger partial charge on any atom is -0.485 e. The molecule has 5 heteroatoms. The monoisotopic (exact) mass is 222 g/mol. The number of aromatic nitrogens is 2. The van der Waals surface area contributed by atoms with Gasteiger partial charge in [0.2, 0.25) is 11.7 Å². The Morgan fingerprint density at radius 3 is 2.69 bits per heavy atom. The molecular formula is C11H11FN2O2. The van der Waals surface area contributed by atoms with Crippen LogP contribution in [0.1, 0.15) is 18.6 Å². The molecule has 0 aliphatic carbocycles. The van der Waals surface area contributed by atoms with Crippen molar-refractivity contribution in [2.24, 2.45) is 0 Å². The molecule has 84 valence electrons. The third-order valence-electron chi connectivity index (χ3n) is 1.99. The molecule has 0 unspecified atom stereocenters. The van der Waals surface area contributed by atoms with Crippen molar-refractivity contribution in [3.05, 3.63) is 41.8 Å². The van der Waals surface area contributed by atoms with Gasteiger partial charge in [-0.05, 0) is 24.3 Å². The number of aryl methyl sites for hydroxylation is 1. The molecule has 4 nitrogen and oxygen atoms in total. The van der Waals surface area contributed by atoms with Gasteiger partial charge < -0.3 is 9.26 Å². The summed E-state index contributed by atoms with van der Waals surface area (Å²) in [7, 11) is 0. The lowest BCUT2D eigenvalue weighted by Crippen LogP contribution is -1.97. The smallest absolute Gasteiger partial charge is 0.226 e. The summed E-state index contributed by atoms with van der Waals surface area (Å²) in [4.78, 5) is 4.08. The largest absolute Gasteiger partial charge is 0.485 e. The quantitative estimate of drug-likeness (QED) is 0.796. The summed E-state index contributed by atoms with van der Waals surface area (Å²) < 4.78 is 22.9. The van der Waals surface area contributed by atoms with Gasteiger partial charge in [-0.15, -0.1) is 0 Å². The highest BCUT2D eigenvalue weighted by Gasteiger charge is 2.04. The van der Waals surface area contributed by atoms with E-state index in [1.807, 2.05) is 6.92 Å². The molecule has 0 fully saturated rings. The summed E-state index contributed by atoms with van der Waals surface area (Å²) in [5.41, 5.74) is 0. The lowest BCUT2D eigenvalue weighted by atomic mass is 10.3. The van der Waals surface area contributed by atoms with Crippen LogP contribution in [0.5, 0.6) is 5.75 Å². The Bertz CT molecular complexity index is 453. The van der Waals surface area contributed by atoms with Crippen LogP contribution in [0, 0.1) is 5.82 Å². The molecule has 0 aliphatic rings. The Morgan fingerprint density at radius 2 is 2.06 bits per heavy atom. The van der Waals surface area contributed by atoms with Crippen molar-refractivity contribution < 1.29 is 13.7 Å². The van der Waals surface area contributed by atoms with E-state index >= 15 is 0 Å². The van der Waals surface area contributed by atoms with Gasteiger partial charge in [0.1, 0.15) is 11.6 Å². The van der Waals surface area contributed by atoms with Crippen molar-refractivity contribution in [2.45, 2.75) is 20.0 Å². The maximum Gasteiger partial charge on any atom is 0.226 e. The van der Waals surface area contributed by atoms with Gasteiger partial charge in [0.25, 0.3) is 0 Å². The summed E-state index contributed by atoms with van der Waals surface area (Å²) in [6.45, 7) is 2.15. The summed E-state index contributed by atoms with van der Waals surface area (Å²) in [6, 6.07) is 5.78. The van der Waals surface area contributed by atoms with E-state index in [1.54, 1.807) is 12.1 Å². The minimum atomic E-state index is -0.291. The molecular weight excluding hydrogens is 211 g/mol. The van der Waals surface area contributed by atoms with Crippen LogP contribution in [0.4, 0.5) is 4.39 Å². The molecule has 0 amide bonds. The minimum absolute atomic E-state index is 0.217. The van der Waals surface area contributed by atoms with Gasteiger partial charge in [-0.25, -0.2) is 4.39 Å². The van der Waals surface area contributed by atoms with Crippen LogP contribution >= 0.6 is 0 Å². The Morgan fingerprint density at radius 1 is 1.31 bits per heavy atom. The van der Waals surface area contributed by atoms with Crippen molar-refractivity contribution in [1.29, 1.82) is 0 Å². The van der Waals surface area contributed by atoms with E-state index in [0.717, 1.165) is 0 Å². The van der Waals surface area contributed by atoms with Crippen LogP contribution in [-0.2, 0) is 13.0 Å². The molecule has 0 radical (unpaired) electrons. The fourth-order valence-corrected chi connectivity index (χ4v) is 1.17. The van der Waals surface area contributed by atoms with Gasteiger partial charge in [0.15, 0.2) is 6.61 Å². The fraction of sp³-hybridized carbons (Fsp3) is 0.273. The van der Waals surface area contributed by atoms with Gasteiger partial charge >= 0.3 is 0 Å². The number of rotatable bonds is 4. The molecule has 1 heterocycles. The molecule has 2 aromatic rings. The molecule has 16 heavy (non-hydrogen) atoms. The first-order valence-corrected chi connectivity index (χ1v) is 4.97. The third kappa shape index (κ3) is 2.56. The molecule has 0 saturated heterocycles. The molecule has 0 N–H and O–H groups in total. The number of nitrogens with zero attached hydrogens (tertiary/aromatic N) is 2. The van der Waals surface area contributed by atoms with Crippen LogP contribution in [0.3, 0.4) is 0 Å². The van der Waals surface area contributed by atoms with Crippen molar-refractivity contribution in [2.75, 3.05) is 0 Å². The zero-order chi connectivity index (χ0) is 11.4. The molecule has 0 saturated carbocycles. The van der Waals surface area contributed by atoms with E-state index in [1.165, 1.54) is 12.1 Å². The second-order valence-corrected chi connectivity index (χ2v) is 3.20. The predicted octanol–water partition coefficient (Wildman–Crippen LogP) is 2.35. The van der Waals surface area contributed by atoms with Crippen molar-refractivity contribution in [3.8, 4) is 5.75 Å². The first kappa shape index (κ1) is 10.6. The zero-order valence-electron chi connectivity index (χ0n) is 8.81. The van der Waals surface area contributed by atoms with Crippen molar-refractivity contribution in [3.63, 3.8) is 0 Å². The third-order valence-corrected chi connectivity index (χ3v) is 1.99. The zero-order valence-corrected chi connectivity index (χ0v) is 8.81. The van der Waals surface area contributed by atoms with Crippen LogP contribution in [-0.4, -0.2) is 10.1 Å². The molecule has 0 bridgehead atoms. The maximum absolute atomic E-state index is 12.6. The van der Waals surface area contributed by atoms with Gasteiger partial charge in [-0.2, -0.15) is 4.98 Å². The van der Waals surface area contributed by atoms with E-state index in [0.29, 0.717) is 23.9 Å². The predicted molar refractivity (Wildman–Crippen MR) is 54.4 cm³/mol. The number of hydrogen-bond donors (Lipinski definition) is 0. The first-order chi connectivity index (χ1) is 7.78. The number of halogens is 1. The topological polar surface area (TPSA) is 48.2 Å². The highest BCUT2D eigenvalue weighted by atomic mass is 19.1. The van der Waals surface area contributed by atoms with Crippen LogP contribution in [0.25, 0.3) is 0 Å². The molecule has 2 rings (SSSR count). The number of benzene rings is 1. The van der Waals surface area contributed by atoms with Gasteiger partial charge in [0.05, 0.1) is 0 Å². The second-order valence-electron chi connectivity index (χ2n) is 3.20. The number of hydrogen-bond acceptors (Lipinski definition) is 4. The van der Waals surface area contributed by atoms with Crippen molar-refractivity contribution >= 4 is 0 Å². The van der Waals surface area contributed by atoms with Crippen molar-refractivity contribution in [1.82, 2.24) is 10.1 Å². The van der Waals surface area contributed by atoms with Gasteiger partial charge in [0, 0.05) is 6.42 Å². The van der Waals surface area contributed by atoms with Gasteiger partial charge in [-0.1, -0.05) is 12.1 Å². The van der Waals surface area contributed by atoms with Crippen LogP contribution < -0.4 is 4.74 Å². The first-order valence-electron chi connectivity index (χ1n) is 4.97. The highest BCUT2D eigenvalue weighted by Crippen LogP contribution is 2.12. The summed E-state index contributed by atoms with van der Waals surface area (Å²) in [5.74, 6) is 1.35. The molecule has 1 aromatic heterocycles. The Hall–Kier alpha value is -1.91. The van der Waals surface area contributed by atoms with E-state index < -0.39 is 0 Å². The summed E-state index contributed by atoms with van der Waals surface area (Å²) >= 11 is 0. The van der Waals surface area contributed by atoms with E-state index in [2.05, 4.69) is 10.1 Å².